The summed E-state index contributed by atoms with van der Waals surface area (Å²) in [7, 11) is 0. The number of hydrogen-bond donors (Lipinski definition) is 2. The molecular formula is C19H22N2O2. The minimum atomic E-state index is 0.0242. The van der Waals surface area contributed by atoms with Crippen LogP contribution in [0.2, 0.25) is 0 Å². The summed E-state index contributed by atoms with van der Waals surface area (Å²) in [6, 6.07) is 15.4. The van der Waals surface area contributed by atoms with Crippen LogP contribution in [0.15, 0.2) is 48.5 Å². The van der Waals surface area contributed by atoms with Gasteiger partial charge in [0.25, 0.3) is 0 Å². The van der Waals surface area contributed by atoms with Crippen molar-refractivity contribution in [2.24, 2.45) is 5.92 Å². The summed E-state index contributed by atoms with van der Waals surface area (Å²) in [6.07, 6.45) is 1.97. The summed E-state index contributed by atoms with van der Waals surface area (Å²) in [6.45, 7) is 3.78. The molecule has 1 heterocycles. The maximum Gasteiger partial charge on any atom is 0.228 e. The lowest BCUT2D eigenvalue weighted by Crippen LogP contribution is -2.37. The molecule has 0 spiro atoms. The average Bonchev–Trinajstić information content (AvgIpc) is 2.59. The molecule has 120 valence electrons. The predicted molar refractivity (Wildman–Crippen MR) is 91.9 cm³/mol. The Hall–Kier alpha value is -2.33. The first-order chi connectivity index (χ1) is 11.2. The van der Waals surface area contributed by atoms with Crippen LogP contribution >= 0.6 is 0 Å². The molecule has 0 aromatic heterocycles. The first-order valence-corrected chi connectivity index (χ1v) is 8.07. The number of carbonyl (C=O) groups is 1. The highest BCUT2D eigenvalue weighted by molar-refractivity contribution is 5.94. The van der Waals surface area contributed by atoms with Gasteiger partial charge in [0, 0.05) is 6.54 Å². The Morgan fingerprint density at radius 2 is 1.96 bits per heavy atom. The van der Waals surface area contributed by atoms with E-state index in [0.717, 1.165) is 31.7 Å². The number of para-hydroxylation sites is 2. The monoisotopic (exact) mass is 310 g/mol. The van der Waals surface area contributed by atoms with Crippen molar-refractivity contribution >= 4 is 11.6 Å². The smallest absolute Gasteiger partial charge is 0.228 e. The molecule has 2 N–H and O–H groups in total. The lowest BCUT2D eigenvalue weighted by atomic mass is 9.99. The van der Waals surface area contributed by atoms with E-state index in [0.29, 0.717) is 11.4 Å². The average molecular weight is 310 g/mol. The van der Waals surface area contributed by atoms with Gasteiger partial charge in [0.2, 0.25) is 5.91 Å². The quantitative estimate of drug-likeness (QED) is 0.905. The molecular weight excluding hydrogens is 288 g/mol. The molecule has 0 aliphatic carbocycles. The normalized spacial score (nSPS) is 17.5. The number of anilines is 1. The molecule has 1 aliphatic rings. The van der Waals surface area contributed by atoms with E-state index in [-0.39, 0.29) is 11.8 Å². The molecule has 0 bridgehead atoms. The Labute approximate surface area is 136 Å². The van der Waals surface area contributed by atoms with E-state index >= 15 is 0 Å². The molecule has 0 unspecified atom stereocenters. The molecule has 2 aromatic carbocycles. The molecule has 1 fully saturated rings. The first-order valence-electron chi connectivity index (χ1n) is 8.07. The Balaban J connectivity index is 1.72. The number of hydrogen-bond acceptors (Lipinski definition) is 3. The van der Waals surface area contributed by atoms with Gasteiger partial charge in [0.05, 0.1) is 11.6 Å². The number of benzene rings is 2. The van der Waals surface area contributed by atoms with Gasteiger partial charge < -0.3 is 15.4 Å². The number of amides is 1. The maximum absolute atomic E-state index is 12.4. The van der Waals surface area contributed by atoms with Gasteiger partial charge in [-0.05, 0) is 50.6 Å². The van der Waals surface area contributed by atoms with Gasteiger partial charge in [0.1, 0.15) is 5.75 Å². The zero-order chi connectivity index (χ0) is 16.1. The molecule has 2 aromatic rings. The molecule has 4 nitrogen and oxygen atoms in total. The Kier molecular flexibility index (Phi) is 4.93. The van der Waals surface area contributed by atoms with Gasteiger partial charge in [-0.2, -0.15) is 0 Å². The summed E-state index contributed by atoms with van der Waals surface area (Å²) < 4.78 is 5.92. The lowest BCUT2D eigenvalue weighted by Gasteiger charge is -2.22. The van der Waals surface area contributed by atoms with Crippen molar-refractivity contribution in [2.45, 2.75) is 19.8 Å². The zero-order valence-corrected chi connectivity index (χ0v) is 13.3. The van der Waals surface area contributed by atoms with E-state index in [4.69, 9.17) is 4.74 Å². The molecule has 1 saturated heterocycles. The van der Waals surface area contributed by atoms with Crippen molar-refractivity contribution in [3.8, 4) is 11.5 Å². The fourth-order valence-electron chi connectivity index (χ4n) is 2.70. The summed E-state index contributed by atoms with van der Waals surface area (Å²) in [5, 5.41) is 6.28. The second-order valence-corrected chi connectivity index (χ2v) is 5.94. The van der Waals surface area contributed by atoms with Crippen molar-refractivity contribution < 1.29 is 9.53 Å². The van der Waals surface area contributed by atoms with Gasteiger partial charge in [-0.3, -0.25) is 4.79 Å². The van der Waals surface area contributed by atoms with Crippen LogP contribution in [-0.4, -0.2) is 19.0 Å². The van der Waals surface area contributed by atoms with E-state index in [9.17, 15) is 4.79 Å². The van der Waals surface area contributed by atoms with Gasteiger partial charge in [-0.25, -0.2) is 0 Å². The SMILES string of the molecule is Cc1ccc(Oc2ccccc2NC(=O)[C@@H]2CCCNC2)cc1. The molecule has 3 rings (SSSR count). The summed E-state index contributed by atoms with van der Waals surface area (Å²) in [5.41, 5.74) is 1.90. The summed E-state index contributed by atoms with van der Waals surface area (Å²) in [5.74, 6) is 1.50. The van der Waals surface area contributed by atoms with Crippen molar-refractivity contribution in [2.75, 3.05) is 18.4 Å². The van der Waals surface area contributed by atoms with Crippen molar-refractivity contribution in [1.29, 1.82) is 0 Å². The van der Waals surface area contributed by atoms with E-state index < -0.39 is 0 Å². The fourth-order valence-corrected chi connectivity index (χ4v) is 2.70. The molecule has 1 atom stereocenters. The van der Waals surface area contributed by atoms with E-state index in [1.54, 1.807) is 0 Å². The number of rotatable bonds is 4. The minimum Gasteiger partial charge on any atom is -0.455 e. The third kappa shape index (κ3) is 4.11. The van der Waals surface area contributed by atoms with Crippen LogP contribution in [0.25, 0.3) is 0 Å². The van der Waals surface area contributed by atoms with Crippen LogP contribution in [0.4, 0.5) is 5.69 Å². The van der Waals surface area contributed by atoms with Gasteiger partial charge in [-0.1, -0.05) is 29.8 Å². The fraction of sp³-hybridized carbons (Fsp3) is 0.316. The maximum atomic E-state index is 12.4. The number of piperidine rings is 1. The van der Waals surface area contributed by atoms with Crippen molar-refractivity contribution in [1.82, 2.24) is 5.32 Å². The van der Waals surface area contributed by atoms with Crippen LogP contribution in [0.3, 0.4) is 0 Å². The number of ether oxygens (including phenoxy) is 1. The number of aryl methyl sites for hydroxylation is 1. The lowest BCUT2D eigenvalue weighted by molar-refractivity contribution is -0.120. The van der Waals surface area contributed by atoms with E-state index in [1.807, 2.05) is 55.5 Å². The van der Waals surface area contributed by atoms with Crippen LogP contribution in [0.5, 0.6) is 11.5 Å². The highest BCUT2D eigenvalue weighted by Crippen LogP contribution is 2.30. The molecule has 1 amide bonds. The largest absolute Gasteiger partial charge is 0.455 e. The number of nitrogens with one attached hydrogen (secondary N) is 2. The second-order valence-electron chi connectivity index (χ2n) is 5.94. The van der Waals surface area contributed by atoms with Gasteiger partial charge in [0.15, 0.2) is 5.75 Å². The van der Waals surface area contributed by atoms with Crippen LogP contribution in [0.1, 0.15) is 18.4 Å². The Morgan fingerprint density at radius 3 is 2.70 bits per heavy atom. The Bertz CT molecular complexity index is 661. The van der Waals surface area contributed by atoms with E-state index in [1.165, 1.54) is 5.56 Å². The molecule has 1 aliphatic heterocycles. The topological polar surface area (TPSA) is 50.4 Å². The van der Waals surface area contributed by atoms with Crippen LogP contribution in [-0.2, 0) is 4.79 Å². The molecule has 4 heteroatoms. The standard InChI is InChI=1S/C19H22N2O2/c1-14-8-10-16(11-9-14)23-18-7-3-2-6-17(18)21-19(22)15-5-4-12-20-13-15/h2-3,6-11,15,20H,4-5,12-13H2,1H3,(H,21,22)/t15-/m1/s1. The minimum absolute atomic E-state index is 0.0242. The second kappa shape index (κ2) is 7.29. The van der Waals surface area contributed by atoms with Crippen LogP contribution in [0, 0.1) is 12.8 Å². The molecule has 0 saturated carbocycles. The summed E-state index contributed by atoms with van der Waals surface area (Å²) in [4.78, 5) is 12.4. The predicted octanol–water partition coefficient (Wildman–Crippen LogP) is 3.73. The highest BCUT2D eigenvalue weighted by atomic mass is 16.5. The zero-order valence-electron chi connectivity index (χ0n) is 13.3. The highest BCUT2D eigenvalue weighted by Gasteiger charge is 2.21. The molecule has 0 radical (unpaired) electrons. The van der Waals surface area contributed by atoms with E-state index in [2.05, 4.69) is 10.6 Å². The van der Waals surface area contributed by atoms with Crippen LogP contribution < -0.4 is 15.4 Å². The van der Waals surface area contributed by atoms with Gasteiger partial charge in [-0.15, -0.1) is 0 Å². The third-order valence-corrected chi connectivity index (χ3v) is 4.06. The molecule has 23 heavy (non-hydrogen) atoms. The Morgan fingerprint density at radius 1 is 1.17 bits per heavy atom. The summed E-state index contributed by atoms with van der Waals surface area (Å²) >= 11 is 0. The van der Waals surface area contributed by atoms with Gasteiger partial charge >= 0.3 is 0 Å². The van der Waals surface area contributed by atoms with Crippen molar-refractivity contribution in [3.63, 3.8) is 0 Å². The first kappa shape index (κ1) is 15.6. The third-order valence-electron chi connectivity index (χ3n) is 4.06. The number of carbonyl (C=O) groups excluding carboxylic acids is 1. The van der Waals surface area contributed by atoms with Crippen molar-refractivity contribution in [3.05, 3.63) is 54.1 Å².